The zero-order chi connectivity index (χ0) is 18.4. The molecule has 0 saturated heterocycles. The van der Waals surface area contributed by atoms with Crippen LogP contribution in [0.5, 0.6) is 0 Å². The average molecular weight is 339 g/mol. The smallest absolute Gasteiger partial charge is 0.310 e. The minimum absolute atomic E-state index is 0.0872. The second-order valence-electron chi connectivity index (χ2n) is 6.34. The molecule has 0 fully saturated rings. The van der Waals surface area contributed by atoms with Gasteiger partial charge in [0.05, 0.1) is 19.1 Å². The number of esters is 1. The van der Waals surface area contributed by atoms with Crippen molar-refractivity contribution < 1.29 is 14.3 Å². The van der Waals surface area contributed by atoms with E-state index in [0.717, 1.165) is 11.1 Å². The molecule has 0 aliphatic rings. The molecule has 2 unspecified atom stereocenters. The van der Waals surface area contributed by atoms with Crippen LogP contribution in [0.3, 0.4) is 0 Å². The van der Waals surface area contributed by atoms with Gasteiger partial charge in [-0.1, -0.05) is 55.0 Å². The monoisotopic (exact) mass is 339 g/mol. The Labute approximate surface area is 149 Å². The van der Waals surface area contributed by atoms with Crippen LogP contribution in [0.1, 0.15) is 41.4 Å². The maximum atomic E-state index is 13.1. The van der Waals surface area contributed by atoms with Gasteiger partial charge in [0.2, 0.25) is 0 Å². The maximum absolute atomic E-state index is 13.1. The Bertz CT molecular complexity index is 727. The topological polar surface area (TPSA) is 46.6 Å². The molecule has 2 aromatic carbocycles. The molecule has 0 spiro atoms. The van der Waals surface area contributed by atoms with Crippen LogP contribution in [0.25, 0.3) is 0 Å². The molecule has 2 atom stereocenters. The van der Waals surface area contributed by atoms with Crippen molar-refractivity contribution in [1.29, 1.82) is 0 Å². The number of aryl methyl sites for hydroxylation is 1. The highest BCUT2D eigenvalue weighted by molar-refractivity contribution is 5.95. The quantitative estimate of drug-likeness (QED) is 0.747. The molecular weight excluding hydrogens is 314 g/mol. The van der Waals surface area contributed by atoms with Crippen molar-refractivity contribution in [2.75, 3.05) is 13.7 Å². The third-order valence-electron chi connectivity index (χ3n) is 4.35. The van der Waals surface area contributed by atoms with Crippen molar-refractivity contribution in [2.45, 2.75) is 26.8 Å². The first-order valence-electron chi connectivity index (χ1n) is 8.44. The molecule has 0 N–H and O–H groups in total. The van der Waals surface area contributed by atoms with Gasteiger partial charge < -0.3 is 9.64 Å². The molecule has 2 rings (SSSR count). The van der Waals surface area contributed by atoms with Crippen molar-refractivity contribution in [2.24, 2.45) is 5.92 Å². The van der Waals surface area contributed by atoms with Gasteiger partial charge in [-0.25, -0.2) is 0 Å². The highest BCUT2D eigenvalue weighted by Crippen LogP contribution is 2.24. The van der Waals surface area contributed by atoms with Gasteiger partial charge in [0.1, 0.15) is 0 Å². The Morgan fingerprint density at radius 1 is 1.04 bits per heavy atom. The Hall–Kier alpha value is -2.62. The highest BCUT2D eigenvalue weighted by atomic mass is 16.5. The fraction of sp³-hybridized carbons (Fsp3) is 0.333. The van der Waals surface area contributed by atoms with Crippen molar-refractivity contribution in [1.82, 2.24) is 4.90 Å². The van der Waals surface area contributed by atoms with Crippen molar-refractivity contribution in [3.05, 3.63) is 71.3 Å². The van der Waals surface area contributed by atoms with Gasteiger partial charge in [0.25, 0.3) is 5.91 Å². The van der Waals surface area contributed by atoms with Gasteiger partial charge in [-0.15, -0.1) is 0 Å². The molecule has 0 bridgehead atoms. The van der Waals surface area contributed by atoms with Gasteiger partial charge in [-0.05, 0) is 31.5 Å². The van der Waals surface area contributed by atoms with Crippen molar-refractivity contribution in [3.63, 3.8) is 0 Å². The summed E-state index contributed by atoms with van der Waals surface area (Å²) >= 11 is 0. The highest BCUT2D eigenvalue weighted by Gasteiger charge is 2.27. The summed E-state index contributed by atoms with van der Waals surface area (Å²) in [4.78, 5) is 26.7. The van der Waals surface area contributed by atoms with Crippen LogP contribution in [-0.2, 0) is 9.53 Å². The lowest BCUT2D eigenvalue weighted by atomic mass is 10.0. The number of rotatable bonds is 6. The molecule has 0 aliphatic carbocycles. The van der Waals surface area contributed by atoms with Gasteiger partial charge in [0.15, 0.2) is 0 Å². The second kappa shape index (κ2) is 8.47. The molecule has 2 aromatic rings. The average Bonchev–Trinajstić information content (AvgIpc) is 2.64. The molecule has 1 amide bonds. The van der Waals surface area contributed by atoms with E-state index in [0.29, 0.717) is 12.1 Å². The van der Waals surface area contributed by atoms with E-state index < -0.39 is 5.92 Å². The van der Waals surface area contributed by atoms with E-state index in [4.69, 9.17) is 4.74 Å². The van der Waals surface area contributed by atoms with Gasteiger partial charge in [0, 0.05) is 12.1 Å². The molecule has 0 aromatic heterocycles. The summed E-state index contributed by atoms with van der Waals surface area (Å²) in [5.74, 6) is -0.803. The standard InChI is InChI=1S/C21H25NO3/c1-15-9-8-12-19(13-15)20(23)22(14-16(2)21(24)25-4)17(3)18-10-6-5-7-11-18/h5-13,16-17H,14H2,1-4H3. The summed E-state index contributed by atoms with van der Waals surface area (Å²) in [6, 6.07) is 17.2. The van der Waals surface area contributed by atoms with Gasteiger partial charge >= 0.3 is 5.97 Å². The fourth-order valence-corrected chi connectivity index (χ4v) is 2.84. The van der Waals surface area contributed by atoms with Crippen LogP contribution < -0.4 is 0 Å². The van der Waals surface area contributed by atoms with Crippen LogP contribution in [0.15, 0.2) is 54.6 Å². The number of hydrogen-bond acceptors (Lipinski definition) is 3. The number of nitrogens with zero attached hydrogens (tertiary/aromatic N) is 1. The van der Waals surface area contributed by atoms with E-state index in [1.54, 1.807) is 11.8 Å². The summed E-state index contributed by atoms with van der Waals surface area (Å²) in [7, 11) is 1.37. The molecule has 132 valence electrons. The second-order valence-corrected chi connectivity index (χ2v) is 6.34. The Kier molecular flexibility index (Phi) is 6.34. The zero-order valence-electron chi connectivity index (χ0n) is 15.2. The lowest BCUT2D eigenvalue weighted by Crippen LogP contribution is -2.39. The number of carbonyl (C=O) groups is 2. The molecule has 25 heavy (non-hydrogen) atoms. The molecule has 0 saturated carbocycles. The number of benzene rings is 2. The molecule has 0 radical (unpaired) electrons. The van der Waals surface area contributed by atoms with Crippen LogP contribution in [0.2, 0.25) is 0 Å². The Morgan fingerprint density at radius 3 is 2.32 bits per heavy atom. The lowest BCUT2D eigenvalue weighted by molar-refractivity contribution is -0.145. The van der Waals surface area contributed by atoms with Crippen LogP contribution in [-0.4, -0.2) is 30.4 Å². The van der Waals surface area contributed by atoms with Crippen LogP contribution >= 0.6 is 0 Å². The van der Waals surface area contributed by atoms with Crippen molar-refractivity contribution >= 4 is 11.9 Å². The molecular formula is C21H25NO3. The zero-order valence-corrected chi connectivity index (χ0v) is 15.2. The summed E-state index contributed by atoms with van der Waals surface area (Å²) in [5, 5.41) is 0. The third-order valence-corrected chi connectivity index (χ3v) is 4.35. The first kappa shape index (κ1) is 18.7. The van der Waals surface area contributed by atoms with Crippen LogP contribution in [0.4, 0.5) is 0 Å². The van der Waals surface area contributed by atoms with E-state index in [9.17, 15) is 9.59 Å². The number of methoxy groups -OCH3 is 1. The maximum Gasteiger partial charge on any atom is 0.310 e. The summed E-state index contributed by atoms with van der Waals surface area (Å²) < 4.78 is 4.83. The summed E-state index contributed by atoms with van der Waals surface area (Å²) in [5.41, 5.74) is 2.68. The van der Waals surface area contributed by atoms with Gasteiger partial charge in [-0.2, -0.15) is 0 Å². The molecule has 0 heterocycles. The minimum Gasteiger partial charge on any atom is -0.469 e. The summed E-state index contributed by atoms with van der Waals surface area (Å²) in [6.45, 7) is 6.02. The van der Waals surface area contributed by atoms with Gasteiger partial charge in [-0.3, -0.25) is 9.59 Å². The largest absolute Gasteiger partial charge is 0.469 e. The number of amides is 1. The Balaban J connectivity index is 2.34. The summed E-state index contributed by atoms with van der Waals surface area (Å²) in [6.07, 6.45) is 0. The number of ether oxygens (including phenoxy) is 1. The normalized spacial score (nSPS) is 13.0. The number of carbonyl (C=O) groups excluding carboxylic acids is 2. The number of hydrogen-bond donors (Lipinski definition) is 0. The molecule has 0 aliphatic heterocycles. The fourth-order valence-electron chi connectivity index (χ4n) is 2.84. The Morgan fingerprint density at radius 2 is 1.72 bits per heavy atom. The van der Waals surface area contributed by atoms with Crippen LogP contribution in [0, 0.1) is 12.8 Å². The van der Waals surface area contributed by atoms with E-state index in [1.165, 1.54) is 7.11 Å². The van der Waals surface area contributed by atoms with E-state index in [2.05, 4.69) is 0 Å². The SMILES string of the molecule is COC(=O)C(C)CN(C(=O)c1cccc(C)c1)C(C)c1ccccc1. The van der Waals surface area contributed by atoms with Crippen molar-refractivity contribution in [3.8, 4) is 0 Å². The predicted molar refractivity (Wildman–Crippen MR) is 98.3 cm³/mol. The first-order valence-corrected chi connectivity index (χ1v) is 8.44. The first-order chi connectivity index (χ1) is 11.9. The van der Waals surface area contributed by atoms with E-state index >= 15 is 0 Å². The lowest BCUT2D eigenvalue weighted by Gasteiger charge is -2.31. The third kappa shape index (κ3) is 4.69. The predicted octanol–water partition coefficient (Wildman–Crippen LogP) is 4.01. The van der Waals surface area contributed by atoms with E-state index in [1.807, 2.05) is 68.4 Å². The molecule has 4 nitrogen and oxygen atoms in total. The molecule has 4 heteroatoms. The van der Waals surface area contributed by atoms with E-state index in [-0.39, 0.29) is 17.9 Å². The minimum atomic E-state index is -0.398.